The van der Waals surface area contributed by atoms with Crippen LogP contribution in [0.2, 0.25) is 4.34 Å². The Morgan fingerprint density at radius 1 is 1.27 bits per heavy atom. The third-order valence-corrected chi connectivity index (χ3v) is 6.85. The topological polar surface area (TPSA) is 57.7 Å². The molecule has 5 nitrogen and oxygen atoms in total. The smallest absolute Gasteiger partial charge is 0.264 e. The minimum absolute atomic E-state index is 0.0651. The molecule has 1 saturated heterocycles. The maximum atomic E-state index is 12.4. The van der Waals surface area contributed by atoms with Crippen molar-refractivity contribution in [3.63, 3.8) is 0 Å². The summed E-state index contributed by atoms with van der Waals surface area (Å²) < 4.78 is 26.6. The number of carbonyl (C=O) groups is 1. The van der Waals surface area contributed by atoms with Gasteiger partial charge in [0.05, 0.1) is 15.0 Å². The van der Waals surface area contributed by atoms with E-state index in [0.29, 0.717) is 48.2 Å². The molecule has 0 saturated carbocycles. The number of rotatable bonds is 5. The van der Waals surface area contributed by atoms with Crippen molar-refractivity contribution in [2.45, 2.75) is 26.2 Å². The van der Waals surface area contributed by atoms with Crippen molar-refractivity contribution in [3.05, 3.63) is 21.3 Å². The average Bonchev–Trinajstić information content (AvgIpc) is 2.76. The van der Waals surface area contributed by atoms with E-state index in [2.05, 4.69) is 0 Å². The lowest BCUT2D eigenvalue weighted by atomic mass is 10.3. The number of hydrogen-bond acceptors (Lipinski definition) is 4. The van der Waals surface area contributed by atoms with Crippen molar-refractivity contribution in [2.24, 2.45) is 0 Å². The second-order valence-corrected chi connectivity index (χ2v) is 9.12. The highest BCUT2D eigenvalue weighted by atomic mass is 35.5. The Kier molecular flexibility index (Phi) is 6.26. The monoisotopic (exact) mass is 364 g/mol. The van der Waals surface area contributed by atoms with Crippen LogP contribution < -0.4 is 0 Å². The third kappa shape index (κ3) is 4.44. The molecule has 0 aliphatic carbocycles. The first-order valence-corrected chi connectivity index (χ1v) is 10.3. The fraction of sp³-hybridized carbons (Fsp3) is 0.643. The Balaban J connectivity index is 1.99. The fourth-order valence-corrected chi connectivity index (χ4v) is 5.11. The maximum Gasteiger partial charge on any atom is 0.264 e. The van der Waals surface area contributed by atoms with E-state index in [4.69, 9.17) is 11.6 Å². The number of carbonyl (C=O) groups excluding carboxylic acids is 1. The third-order valence-electron chi connectivity index (χ3n) is 3.68. The largest absolute Gasteiger partial charge is 0.337 e. The van der Waals surface area contributed by atoms with Crippen molar-refractivity contribution < 1.29 is 13.2 Å². The fourth-order valence-electron chi connectivity index (χ4n) is 2.42. The molecule has 1 aliphatic heterocycles. The van der Waals surface area contributed by atoms with Crippen LogP contribution in [0, 0.1) is 0 Å². The van der Waals surface area contributed by atoms with Crippen LogP contribution in [-0.2, 0) is 10.0 Å². The van der Waals surface area contributed by atoms with Crippen LogP contribution in [0.25, 0.3) is 0 Å². The highest BCUT2D eigenvalue weighted by Gasteiger charge is 2.27. The number of sulfonamides is 1. The summed E-state index contributed by atoms with van der Waals surface area (Å²) in [6, 6.07) is 3.43. The standard InChI is InChI=1S/C14H21ClN2O3S2/c1-2-3-11-22(19,20)17-8-4-7-16(9-10-17)14(18)12-5-6-13(15)21-12/h5-6H,2-4,7-11H2,1H3. The van der Waals surface area contributed by atoms with Crippen LogP contribution in [0.15, 0.2) is 12.1 Å². The second-order valence-electron chi connectivity index (χ2n) is 5.32. The molecule has 1 amide bonds. The van der Waals surface area contributed by atoms with Gasteiger partial charge in [-0.25, -0.2) is 12.7 Å². The van der Waals surface area contributed by atoms with Crippen LogP contribution >= 0.6 is 22.9 Å². The number of halogens is 1. The summed E-state index contributed by atoms with van der Waals surface area (Å²) in [4.78, 5) is 14.7. The predicted octanol–water partition coefficient (Wildman–Crippen LogP) is 2.68. The Morgan fingerprint density at radius 3 is 2.68 bits per heavy atom. The number of amides is 1. The van der Waals surface area contributed by atoms with Crippen LogP contribution in [0.3, 0.4) is 0 Å². The van der Waals surface area contributed by atoms with Gasteiger partial charge in [0.15, 0.2) is 0 Å². The second kappa shape index (κ2) is 7.77. The lowest BCUT2D eigenvalue weighted by molar-refractivity contribution is 0.0769. The molecule has 8 heteroatoms. The van der Waals surface area contributed by atoms with Crippen LogP contribution in [0.1, 0.15) is 35.9 Å². The Labute approximate surface area is 140 Å². The van der Waals surface area contributed by atoms with Gasteiger partial charge in [0.25, 0.3) is 5.91 Å². The van der Waals surface area contributed by atoms with Crippen LogP contribution in [-0.4, -0.2) is 55.5 Å². The summed E-state index contributed by atoms with van der Waals surface area (Å²) in [7, 11) is -3.20. The van der Waals surface area contributed by atoms with Gasteiger partial charge in [-0.1, -0.05) is 24.9 Å². The van der Waals surface area contributed by atoms with Gasteiger partial charge in [0.2, 0.25) is 10.0 Å². The van der Waals surface area contributed by atoms with E-state index in [9.17, 15) is 13.2 Å². The molecule has 1 fully saturated rings. The van der Waals surface area contributed by atoms with Crippen LogP contribution in [0.4, 0.5) is 0 Å². The van der Waals surface area contributed by atoms with Crippen molar-refractivity contribution in [2.75, 3.05) is 31.9 Å². The van der Waals surface area contributed by atoms with Gasteiger partial charge < -0.3 is 4.90 Å². The SMILES string of the molecule is CCCCS(=O)(=O)N1CCCN(C(=O)c2ccc(Cl)s2)CC1. The first-order valence-electron chi connectivity index (χ1n) is 7.46. The molecule has 0 unspecified atom stereocenters. The molecule has 2 heterocycles. The molecule has 0 radical (unpaired) electrons. The van der Waals surface area contributed by atoms with Gasteiger partial charge in [-0.3, -0.25) is 4.79 Å². The molecule has 1 aromatic rings. The number of thiophene rings is 1. The van der Waals surface area contributed by atoms with Crippen molar-refractivity contribution in [3.8, 4) is 0 Å². The van der Waals surface area contributed by atoms with Gasteiger partial charge in [0, 0.05) is 26.2 Å². The van der Waals surface area contributed by atoms with E-state index in [0.717, 1.165) is 6.42 Å². The molecule has 124 valence electrons. The van der Waals surface area contributed by atoms with Crippen molar-refractivity contribution in [1.29, 1.82) is 0 Å². The number of hydrogen-bond donors (Lipinski definition) is 0. The first-order chi connectivity index (χ1) is 10.4. The summed E-state index contributed by atoms with van der Waals surface area (Å²) in [6.07, 6.45) is 2.20. The summed E-state index contributed by atoms with van der Waals surface area (Å²) in [5, 5.41) is 0. The minimum atomic E-state index is -3.20. The van der Waals surface area contributed by atoms with E-state index in [1.165, 1.54) is 15.6 Å². The zero-order chi connectivity index (χ0) is 16.2. The van der Waals surface area contributed by atoms with Gasteiger partial charge in [-0.2, -0.15) is 0 Å². The van der Waals surface area contributed by atoms with E-state index >= 15 is 0 Å². The van der Waals surface area contributed by atoms with Crippen LogP contribution in [0.5, 0.6) is 0 Å². The summed E-state index contributed by atoms with van der Waals surface area (Å²) in [5.41, 5.74) is 0. The predicted molar refractivity (Wildman–Crippen MR) is 90.1 cm³/mol. The molecular weight excluding hydrogens is 344 g/mol. The minimum Gasteiger partial charge on any atom is -0.337 e. The number of unbranched alkanes of at least 4 members (excludes halogenated alkanes) is 1. The summed E-state index contributed by atoms with van der Waals surface area (Å²) >= 11 is 7.12. The molecule has 0 atom stereocenters. The zero-order valence-electron chi connectivity index (χ0n) is 12.6. The van der Waals surface area contributed by atoms with Gasteiger partial charge in [-0.05, 0) is 25.0 Å². The Hall–Kier alpha value is -0.630. The normalized spacial score (nSPS) is 17.5. The molecule has 0 bridgehead atoms. The van der Waals surface area contributed by atoms with Crippen molar-refractivity contribution >= 4 is 38.9 Å². The molecule has 2 rings (SSSR count). The average molecular weight is 365 g/mol. The van der Waals surface area contributed by atoms with Gasteiger partial charge in [-0.15, -0.1) is 11.3 Å². The Morgan fingerprint density at radius 2 is 2.05 bits per heavy atom. The van der Waals surface area contributed by atoms with E-state index in [1.54, 1.807) is 17.0 Å². The summed E-state index contributed by atoms with van der Waals surface area (Å²) in [6.45, 7) is 3.84. The molecule has 0 aromatic carbocycles. The first kappa shape index (κ1) is 17.7. The highest BCUT2D eigenvalue weighted by molar-refractivity contribution is 7.89. The molecule has 22 heavy (non-hydrogen) atoms. The molecule has 1 aliphatic rings. The molecule has 1 aromatic heterocycles. The van der Waals surface area contributed by atoms with E-state index < -0.39 is 10.0 Å². The molecule has 0 N–H and O–H groups in total. The van der Waals surface area contributed by atoms with E-state index in [1.807, 2.05) is 6.92 Å². The lowest BCUT2D eigenvalue weighted by Gasteiger charge is -2.21. The number of nitrogens with zero attached hydrogens (tertiary/aromatic N) is 2. The Bertz CT molecular complexity index is 615. The highest BCUT2D eigenvalue weighted by Crippen LogP contribution is 2.23. The van der Waals surface area contributed by atoms with Gasteiger partial charge in [0.1, 0.15) is 0 Å². The molecule has 0 spiro atoms. The quantitative estimate of drug-likeness (QED) is 0.807. The zero-order valence-corrected chi connectivity index (χ0v) is 15.0. The van der Waals surface area contributed by atoms with E-state index in [-0.39, 0.29) is 11.7 Å². The lowest BCUT2D eigenvalue weighted by Crippen LogP contribution is -2.38. The molecular formula is C14H21ClN2O3S2. The maximum absolute atomic E-state index is 12.4. The summed E-state index contributed by atoms with van der Waals surface area (Å²) in [5.74, 6) is 0.127. The van der Waals surface area contributed by atoms with Gasteiger partial charge >= 0.3 is 0 Å². The van der Waals surface area contributed by atoms with Crippen molar-refractivity contribution in [1.82, 2.24) is 9.21 Å².